The van der Waals surface area contributed by atoms with Gasteiger partial charge in [-0.1, -0.05) is 61.9 Å². The molecule has 35 heavy (non-hydrogen) atoms. The number of fused-ring (bicyclic) bond motifs is 1. The van der Waals surface area contributed by atoms with Gasteiger partial charge in [0.05, 0.1) is 17.4 Å². The molecule has 0 aliphatic carbocycles. The molecular formula is C26H29N7O2. The van der Waals surface area contributed by atoms with E-state index in [2.05, 4.69) is 39.6 Å². The Labute approximate surface area is 204 Å². The van der Waals surface area contributed by atoms with Crippen LogP contribution in [0.2, 0.25) is 0 Å². The third-order valence-electron chi connectivity index (χ3n) is 5.57. The molecule has 0 aliphatic heterocycles. The van der Waals surface area contributed by atoms with Gasteiger partial charge in [-0.05, 0) is 36.6 Å². The van der Waals surface area contributed by atoms with Crippen molar-refractivity contribution in [3.8, 4) is 11.4 Å². The molecular weight excluding hydrogens is 442 g/mol. The lowest BCUT2D eigenvalue weighted by Gasteiger charge is -2.22. The number of pyridine rings is 1. The molecule has 4 aromatic rings. The van der Waals surface area contributed by atoms with E-state index in [1.165, 1.54) is 9.70 Å². The SMILES string of the molecule is Cc1ccc(-c2nnn(CC(=O)N(CC(=O)NCCC(C)C)c3cnc4ccccc4c3)n2)cc1. The van der Waals surface area contributed by atoms with Crippen molar-refractivity contribution in [2.75, 3.05) is 18.0 Å². The van der Waals surface area contributed by atoms with E-state index in [-0.39, 0.29) is 24.9 Å². The summed E-state index contributed by atoms with van der Waals surface area (Å²) in [5.74, 6) is 0.329. The number of carbonyl (C=O) groups excluding carboxylic acids is 2. The number of amides is 2. The van der Waals surface area contributed by atoms with Crippen molar-refractivity contribution in [3.05, 3.63) is 66.4 Å². The van der Waals surface area contributed by atoms with Gasteiger partial charge in [0.2, 0.25) is 11.7 Å². The van der Waals surface area contributed by atoms with Crippen LogP contribution in [0.3, 0.4) is 0 Å². The molecule has 0 bridgehead atoms. The van der Waals surface area contributed by atoms with E-state index in [0.717, 1.165) is 28.5 Å². The molecule has 2 amide bonds. The average molecular weight is 472 g/mol. The van der Waals surface area contributed by atoms with Crippen LogP contribution >= 0.6 is 0 Å². The van der Waals surface area contributed by atoms with E-state index in [1.807, 2.05) is 61.5 Å². The quantitative estimate of drug-likeness (QED) is 0.401. The summed E-state index contributed by atoms with van der Waals surface area (Å²) in [6, 6.07) is 17.2. The maximum absolute atomic E-state index is 13.3. The van der Waals surface area contributed by atoms with Crippen molar-refractivity contribution in [2.24, 2.45) is 5.92 Å². The zero-order chi connectivity index (χ0) is 24.8. The van der Waals surface area contributed by atoms with Gasteiger partial charge in [-0.3, -0.25) is 19.5 Å². The van der Waals surface area contributed by atoms with Crippen LogP contribution in [0, 0.1) is 12.8 Å². The Hall–Kier alpha value is -4.14. The number of anilines is 1. The van der Waals surface area contributed by atoms with E-state index >= 15 is 0 Å². The van der Waals surface area contributed by atoms with Crippen molar-refractivity contribution >= 4 is 28.4 Å². The Kier molecular flexibility index (Phi) is 7.45. The topological polar surface area (TPSA) is 106 Å². The lowest BCUT2D eigenvalue weighted by atomic mass is 10.1. The minimum absolute atomic E-state index is 0.129. The molecule has 180 valence electrons. The molecule has 4 rings (SSSR count). The number of nitrogens with zero attached hydrogens (tertiary/aromatic N) is 6. The van der Waals surface area contributed by atoms with Gasteiger partial charge in [0.25, 0.3) is 5.91 Å². The second kappa shape index (κ2) is 10.9. The van der Waals surface area contributed by atoms with Gasteiger partial charge in [0.1, 0.15) is 13.1 Å². The number of rotatable bonds is 9. The zero-order valence-electron chi connectivity index (χ0n) is 20.2. The predicted octanol–water partition coefficient (Wildman–Crippen LogP) is 3.39. The van der Waals surface area contributed by atoms with Crippen molar-refractivity contribution in [1.82, 2.24) is 30.5 Å². The van der Waals surface area contributed by atoms with E-state index in [0.29, 0.717) is 24.0 Å². The maximum Gasteiger partial charge on any atom is 0.251 e. The number of hydrogen-bond donors (Lipinski definition) is 1. The van der Waals surface area contributed by atoms with E-state index < -0.39 is 0 Å². The molecule has 0 saturated heterocycles. The molecule has 9 heteroatoms. The van der Waals surface area contributed by atoms with Crippen LogP contribution in [-0.4, -0.2) is 50.1 Å². The highest BCUT2D eigenvalue weighted by molar-refractivity contribution is 5.99. The number of aryl methyl sites for hydroxylation is 1. The Morgan fingerprint density at radius 1 is 1.09 bits per heavy atom. The third kappa shape index (κ3) is 6.26. The number of benzene rings is 2. The first-order valence-corrected chi connectivity index (χ1v) is 11.7. The zero-order valence-corrected chi connectivity index (χ0v) is 20.2. The first-order valence-electron chi connectivity index (χ1n) is 11.7. The van der Waals surface area contributed by atoms with Gasteiger partial charge in [-0.15, -0.1) is 10.2 Å². The Morgan fingerprint density at radius 2 is 1.86 bits per heavy atom. The largest absolute Gasteiger partial charge is 0.355 e. The summed E-state index contributed by atoms with van der Waals surface area (Å²) in [5.41, 5.74) is 3.29. The molecule has 9 nitrogen and oxygen atoms in total. The van der Waals surface area contributed by atoms with E-state index in [1.54, 1.807) is 6.20 Å². The average Bonchev–Trinajstić information content (AvgIpc) is 3.30. The number of tetrazole rings is 1. The van der Waals surface area contributed by atoms with Gasteiger partial charge >= 0.3 is 0 Å². The van der Waals surface area contributed by atoms with Crippen LogP contribution < -0.4 is 10.2 Å². The summed E-state index contributed by atoms with van der Waals surface area (Å²) in [7, 11) is 0. The molecule has 0 radical (unpaired) electrons. The van der Waals surface area contributed by atoms with Crippen molar-refractivity contribution < 1.29 is 9.59 Å². The van der Waals surface area contributed by atoms with Gasteiger partial charge in [-0.25, -0.2) is 0 Å². The number of nitrogens with one attached hydrogen (secondary N) is 1. The highest BCUT2D eigenvalue weighted by Crippen LogP contribution is 2.20. The molecule has 2 heterocycles. The van der Waals surface area contributed by atoms with Gasteiger partial charge < -0.3 is 5.32 Å². The number of para-hydroxylation sites is 1. The normalized spacial score (nSPS) is 11.1. The molecule has 1 N–H and O–H groups in total. The predicted molar refractivity (Wildman–Crippen MR) is 135 cm³/mol. The first kappa shape index (κ1) is 24.0. The van der Waals surface area contributed by atoms with Crippen LogP contribution in [0.5, 0.6) is 0 Å². The fraction of sp³-hybridized carbons (Fsp3) is 0.308. The summed E-state index contributed by atoms with van der Waals surface area (Å²) >= 11 is 0. The monoisotopic (exact) mass is 471 g/mol. The number of hydrogen-bond acceptors (Lipinski definition) is 6. The lowest BCUT2D eigenvalue weighted by Crippen LogP contribution is -2.43. The van der Waals surface area contributed by atoms with Gasteiger partial charge in [0.15, 0.2) is 0 Å². The Morgan fingerprint density at radius 3 is 2.63 bits per heavy atom. The summed E-state index contributed by atoms with van der Waals surface area (Å²) in [6.07, 6.45) is 2.47. The summed E-state index contributed by atoms with van der Waals surface area (Å²) in [6.45, 7) is 6.46. The van der Waals surface area contributed by atoms with Crippen molar-refractivity contribution in [2.45, 2.75) is 33.7 Å². The minimum Gasteiger partial charge on any atom is -0.355 e. The van der Waals surface area contributed by atoms with Gasteiger partial charge in [0, 0.05) is 17.5 Å². The molecule has 0 saturated carbocycles. The highest BCUT2D eigenvalue weighted by Gasteiger charge is 2.22. The number of carbonyl (C=O) groups is 2. The third-order valence-corrected chi connectivity index (χ3v) is 5.57. The first-order chi connectivity index (χ1) is 16.9. The minimum atomic E-state index is -0.339. The second-order valence-corrected chi connectivity index (χ2v) is 8.91. The molecule has 0 unspecified atom stereocenters. The lowest BCUT2D eigenvalue weighted by molar-refractivity contribution is -0.124. The van der Waals surface area contributed by atoms with Crippen LogP contribution in [-0.2, 0) is 16.1 Å². The summed E-state index contributed by atoms with van der Waals surface area (Å²) < 4.78 is 0. The molecule has 0 atom stereocenters. The standard InChI is InChI=1S/C26H29N7O2/c1-18(2)12-13-27-24(34)16-32(22-14-21-6-4-5-7-23(21)28-15-22)25(35)17-33-30-26(29-31-33)20-10-8-19(3)9-11-20/h4-11,14-15,18H,12-13,16-17H2,1-3H3,(H,27,34). The van der Waals surface area contributed by atoms with Crippen molar-refractivity contribution in [3.63, 3.8) is 0 Å². The fourth-order valence-electron chi connectivity index (χ4n) is 3.56. The summed E-state index contributed by atoms with van der Waals surface area (Å²) in [5, 5.41) is 16.3. The summed E-state index contributed by atoms with van der Waals surface area (Å²) in [4.78, 5) is 33.1. The number of aromatic nitrogens is 5. The molecule has 2 aromatic carbocycles. The Balaban J connectivity index is 1.54. The van der Waals surface area contributed by atoms with Gasteiger partial charge in [-0.2, -0.15) is 4.80 Å². The molecule has 0 fully saturated rings. The Bertz CT molecular complexity index is 1310. The van der Waals surface area contributed by atoms with E-state index in [9.17, 15) is 9.59 Å². The van der Waals surface area contributed by atoms with Crippen LogP contribution in [0.25, 0.3) is 22.3 Å². The maximum atomic E-state index is 13.3. The smallest absolute Gasteiger partial charge is 0.251 e. The highest BCUT2D eigenvalue weighted by atomic mass is 16.2. The van der Waals surface area contributed by atoms with Crippen LogP contribution in [0.1, 0.15) is 25.8 Å². The fourth-order valence-corrected chi connectivity index (χ4v) is 3.56. The molecule has 0 spiro atoms. The van der Waals surface area contributed by atoms with Crippen LogP contribution in [0.15, 0.2) is 60.8 Å². The molecule has 0 aliphatic rings. The molecule has 2 aromatic heterocycles. The van der Waals surface area contributed by atoms with Crippen LogP contribution in [0.4, 0.5) is 5.69 Å². The van der Waals surface area contributed by atoms with E-state index in [4.69, 9.17) is 0 Å². The second-order valence-electron chi connectivity index (χ2n) is 8.91. The van der Waals surface area contributed by atoms with Crippen molar-refractivity contribution in [1.29, 1.82) is 0 Å².